The Morgan fingerprint density at radius 2 is 0.385 bits per heavy atom. The van der Waals surface area contributed by atoms with E-state index in [4.69, 9.17) is 0 Å². The molecule has 0 fully saturated rings. The molecular formula is C114H84O16. The summed E-state index contributed by atoms with van der Waals surface area (Å²) in [6.45, 7) is 0. The summed E-state index contributed by atoms with van der Waals surface area (Å²) in [5, 5.41) is 138. The van der Waals surface area contributed by atoms with E-state index in [1.807, 2.05) is 200 Å². The lowest BCUT2D eigenvalue weighted by Crippen LogP contribution is -2.31. The smallest absolute Gasteiger partial charge is 0.335 e. The van der Waals surface area contributed by atoms with Crippen molar-refractivity contribution in [2.75, 3.05) is 0 Å². The molecule has 0 saturated heterocycles. The Bertz CT molecular complexity index is 6860. The monoisotopic (exact) mass is 1710 g/mol. The molecule has 0 aliphatic carbocycles. The fourth-order valence-electron chi connectivity index (χ4n) is 17.5. The fourth-order valence-corrected chi connectivity index (χ4v) is 17.5. The van der Waals surface area contributed by atoms with Crippen LogP contribution in [0.5, 0.6) is 57.5 Å². The third-order valence-corrected chi connectivity index (χ3v) is 23.8. The average molecular weight is 1710 g/mol. The van der Waals surface area contributed by atoms with Gasteiger partial charge in [0.05, 0.1) is 32.9 Å². The number of aromatic carboxylic acids is 3. The van der Waals surface area contributed by atoms with Gasteiger partial charge in [0.1, 0.15) is 57.5 Å². The molecule has 0 saturated carbocycles. The molecule has 16 nitrogen and oxygen atoms in total. The minimum absolute atomic E-state index is 0.00236. The second kappa shape index (κ2) is 37.0. The molecule has 0 atom stereocenters. The molecule has 13 N–H and O–H groups in total. The third kappa shape index (κ3) is 16.8. The van der Waals surface area contributed by atoms with Crippen molar-refractivity contribution < 1.29 is 80.8 Å². The first-order chi connectivity index (χ1) is 63.0. The van der Waals surface area contributed by atoms with Crippen LogP contribution >= 0.6 is 0 Å². The van der Waals surface area contributed by atoms with E-state index >= 15 is 0 Å². The first kappa shape index (κ1) is 85.9. The second-order valence-electron chi connectivity index (χ2n) is 31.2. The molecule has 0 heterocycles. The normalized spacial score (nSPS) is 11.3. The summed E-state index contributed by atoms with van der Waals surface area (Å²) in [7, 11) is 0. The molecule has 0 unspecified atom stereocenters. The summed E-state index contributed by atoms with van der Waals surface area (Å²) in [6, 6.07) is 128. The maximum Gasteiger partial charge on any atom is 0.335 e. The number of phenols is 10. The Morgan fingerprint density at radius 3 is 0.685 bits per heavy atom. The summed E-state index contributed by atoms with van der Waals surface area (Å²) in [5.41, 5.74) is 13.7. The Kier molecular flexibility index (Phi) is 24.5. The van der Waals surface area contributed by atoms with Crippen molar-refractivity contribution in [1.82, 2.24) is 0 Å². The highest BCUT2D eigenvalue weighted by atomic mass is 16.4. The number of para-hydroxylation sites is 2. The van der Waals surface area contributed by atoms with Crippen molar-refractivity contribution >= 4 is 17.9 Å². The number of aromatic hydroxyl groups is 10. The SMILES string of the molecule is O=C(O)c1ccc(C(c2ccccc2)(c2cc(-c3ccc(O)cc3)ccc2O)c2cc(-c3ccc(O)cc3)ccc2O)cc1.O=C(O)c1ccc(C(c2ccccc2)(c2ccc(O)c(-c3ccccc3)c2)c2ccc(O)c(-c3ccccc3)c2)cc1.O=C(O)c1ccc(C(c2ccccc2)(c2ccc(O)c(-c3ccccc3O)c2)c2ccc(O)c(-c3ccccc3O)c2)cc1. The van der Waals surface area contributed by atoms with Crippen LogP contribution in [-0.4, -0.2) is 84.3 Å². The molecule has 636 valence electrons. The van der Waals surface area contributed by atoms with Gasteiger partial charge in [-0.2, -0.15) is 0 Å². The molecule has 0 spiro atoms. The van der Waals surface area contributed by atoms with Gasteiger partial charge >= 0.3 is 17.9 Å². The minimum atomic E-state index is -1.33. The van der Waals surface area contributed by atoms with Crippen LogP contribution in [0.1, 0.15) is 97.8 Å². The van der Waals surface area contributed by atoms with E-state index in [1.165, 1.54) is 12.1 Å². The van der Waals surface area contributed by atoms with Gasteiger partial charge in [-0.25, -0.2) is 14.4 Å². The van der Waals surface area contributed by atoms with Crippen molar-refractivity contribution in [2.45, 2.75) is 16.2 Å². The number of hydrogen-bond donors (Lipinski definition) is 13. The summed E-state index contributed by atoms with van der Waals surface area (Å²) in [5.74, 6) is -2.69. The molecule has 18 aromatic rings. The van der Waals surface area contributed by atoms with Gasteiger partial charge in [-0.15, -0.1) is 0 Å². The Labute approximate surface area is 748 Å². The standard InChI is InChI=1S/2C38H28O6.C38H28O4/c39-33-12-6-4-10-29(33)31-22-27(18-20-35(31)41)38(25-8-2-1-3-9-25,26-16-14-24(15-17-26)37(43)44)28-19-21-36(42)32(23-28)30-11-5-7-13-34(30)40;39-31-16-8-24(9-17-31)27-12-20-35(41)33(22-27)38(29-4-2-1-3-5-29,30-14-6-26(7-15-30)37(43)44)34-23-28(13-21-36(34)42)25-10-18-32(40)19-11-25;39-35-22-20-31(24-33(35)26-10-4-1-5-11-26)38(29-14-8-3-9-15-29,30-18-16-28(17-19-30)37(41)42)32-21-23-36(40)34(25-32)27-12-6-2-7-13-27/h2*1-23,39-42H,(H,43,44);1-25,39-40H,(H,41,42). The van der Waals surface area contributed by atoms with Crippen LogP contribution in [0.4, 0.5) is 0 Å². The molecule has 0 radical (unpaired) electrons. The van der Waals surface area contributed by atoms with Crippen LogP contribution < -0.4 is 0 Å². The lowest BCUT2D eigenvalue weighted by Gasteiger charge is -2.38. The highest BCUT2D eigenvalue weighted by Gasteiger charge is 2.45. The van der Waals surface area contributed by atoms with Crippen molar-refractivity contribution in [3.63, 3.8) is 0 Å². The molecule has 0 aliphatic rings. The highest BCUT2D eigenvalue weighted by molar-refractivity contribution is 5.90. The van der Waals surface area contributed by atoms with E-state index in [-0.39, 0.29) is 74.2 Å². The van der Waals surface area contributed by atoms with Crippen LogP contribution in [0.25, 0.3) is 66.8 Å². The predicted octanol–water partition coefficient (Wildman–Crippen LogP) is 24.4. The molecule has 18 aromatic carbocycles. The Balaban J connectivity index is 0.000000143. The average Bonchev–Trinajstić information content (AvgIpc) is 0.658. The van der Waals surface area contributed by atoms with Gasteiger partial charge in [0.2, 0.25) is 0 Å². The second-order valence-corrected chi connectivity index (χ2v) is 31.2. The number of rotatable bonds is 21. The number of hydrogen-bond acceptors (Lipinski definition) is 13. The van der Waals surface area contributed by atoms with E-state index in [0.29, 0.717) is 61.2 Å². The number of benzene rings is 18. The van der Waals surface area contributed by atoms with Crippen LogP contribution in [-0.2, 0) is 16.2 Å². The Morgan fingerprint density at radius 1 is 0.162 bits per heavy atom. The zero-order valence-corrected chi connectivity index (χ0v) is 69.5. The molecule has 0 aromatic heterocycles. The zero-order chi connectivity index (χ0) is 90.8. The maximum absolute atomic E-state index is 11.8. The van der Waals surface area contributed by atoms with E-state index < -0.39 is 34.2 Å². The van der Waals surface area contributed by atoms with E-state index in [0.717, 1.165) is 72.3 Å². The van der Waals surface area contributed by atoms with E-state index in [2.05, 4.69) is 12.1 Å². The van der Waals surface area contributed by atoms with Crippen molar-refractivity contribution in [3.05, 3.63) is 514 Å². The summed E-state index contributed by atoms with van der Waals surface area (Å²) in [4.78, 5) is 35.4. The Hall–Kier alpha value is -17.6. The van der Waals surface area contributed by atoms with Crippen molar-refractivity contribution in [2.24, 2.45) is 0 Å². The van der Waals surface area contributed by atoms with Crippen LogP contribution in [0.3, 0.4) is 0 Å². The zero-order valence-electron chi connectivity index (χ0n) is 69.5. The predicted molar refractivity (Wildman–Crippen MR) is 504 cm³/mol. The fraction of sp³-hybridized carbons (Fsp3) is 0.0263. The lowest BCUT2D eigenvalue weighted by atomic mass is 9.64. The van der Waals surface area contributed by atoms with Gasteiger partial charge in [-0.05, 0) is 235 Å². The summed E-state index contributed by atoms with van der Waals surface area (Å²) < 4.78 is 0. The molecule has 16 heteroatoms. The van der Waals surface area contributed by atoms with Gasteiger partial charge in [-0.1, -0.05) is 285 Å². The largest absolute Gasteiger partial charge is 0.508 e. The van der Waals surface area contributed by atoms with Gasteiger partial charge in [0.15, 0.2) is 0 Å². The van der Waals surface area contributed by atoms with Gasteiger partial charge in [-0.3, -0.25) is 0 Å². The van der Waals surface area contributed by atoms with Crippen molar-refractivity contribution in [1.29, 1.82) is 0 Å². The van der Waals surface area contributed by atoms with Crippen LogP contribution in [0.15, 0.2) is 431 Å². The highest BCUT2D eigenvalue weighted by Crippen LogP contribution is 2.56. The van der Waals surface area contributed by atoms with Crippen LogP contribution in [0, 0.1) is 0 Å². The minimum Gasteiger partial charge on any atom is -0.508 e. The number of phenolic OH excluding ortho intramolecular Hbond substituents is 10. The maximum atomic E-state index is 11.8. The number of carboxylic acids is 3. The topological polar surface area (TPSA) is 314 Å². The van der Waals surface area contributed by atoms with E-state index in [1.54, 1.807) is 206 Å². The number of carboxylic acid groups (broad SMARTS) is 3. The third-order valence-electron chi connectivity index (χ3n) is 23.8. The summed E-state index contributed by atoms with van der Waals surface area (Å²) in [6.07, 6.45) is 0. The molecule has 0 amide bonds. The van der Waals surface area contributed by atoms with E-state index in [9.17, 15) is 80.8 Å². The molecule has 18 rings (SSSR count). The van der Waals surface area contributed by atoms with Crippen molar-refractivity contribution in [3.8, 4) is 124 Å². The first-order valence-corrected chi connectivity index (χ1v) is 41.5. The van der Waals surface area contributed by atoms with Gasteiger partial charge < -0.3 is 66.4 Å². The molecule has 0 bridgehead atoms. The molecule has 130 heavy (non-hydrogen) atoms. The van der Waals surface area contributed by atoms with Gasteiger partial charge in [0, 0.05) is 44.5 Å². The molecular weight excluding hydrogens is 1630 g/mol. The molecule has 0 aliphatic heterocycles. The van der Waals surface area contributed by atoms with Crippen LogP contribution in [0.2, 0.25) is 0 Å². The first-order valence-electron chi connectivity index (χ1n) is 41.5. The number of carbonyl (C=O) groups is 3. The lowest BCUT2D eigenvalue weighted by molar-refractivity contribution is 0.0686. The summed E-state index contributed by atoms with van der Waals surface area (Å²) >= 11 is 0. The van der Waals surface area contributed by atoms with Gasteiger partial charge in [0.25, 0.3) is 0 Å². The quantitative estimate of drug-likeness (QED) is 0.0297.